The molecular formula is C20H30O2. The monoisotopic (exact) mass is 302 g/mol. The van der Waals surface area contributed by atoms with Crippen molar-refractivity contribution in [2.75, 3.05) is 0 Å². The molecule has 4 atom stereocenters. The highest BCUT2D eigenvalue weighted by Gasteiger charge is 2.55. The molecular weight excluding hydrogens is 272 g/mol. The average molecular weight is 302 g/mol. The molecule has 0 amide bonds. The normalized spacial score (nSPS) is 39.0. The van der Waals surface area contributed by atoms with E-state index in [0.717, 1.165) is 35.1 Å². The second kappa shape index (κ2) is 5.82. The third-order valence-corrected chi connectivity index (χ3v) is 5.88. The van der Waals surface area contributed by atoms with Crippen LogP contribution in [0.5, 0.6) is 0 Å². The summed E-state index contributed by atoms with van der Waals surface area (Å²) >= 11 is 0. The Bertz CT molecular complexity index is 504. The molecule has 0 aliphatic heterocycles. The molecule has 2 N–H and O–H groups in total. The van der Waals surface area contributed by atoms with E-state index >= 15 is 0 Å². The topological polar surface area (TPSA) is 40.5 Å². The summed E-state index contributed by atoms with van der Waals surface area (Å²) in [6, 6.07) is 0. The van der Waals surface area contributed by atoms with Crippen LogP contribution in [0.4, 0.5) is 0 Å². The average Bonchev–Trinajstić information content (AvgIpc) is 2.44. The molecule has 0 aromatic rings. The summed E-state index contributed by atoms with van der Waals surface area (Å²) in [7, 11) is 0. The fourth-order valence-corrected chi connectivity index (χ4v) is 3.92. The summed E-state index contributed by atoms with van der Waals surface area (Å²) < 4.78 is 0. The molecule has 0 heterocycles. The highest BCUT2D eigenvalue weighted by molar-refractivity contribution is 5.37. The van der Waals surface area contributed by atoms with E-state index in [1.54, 1.807) is 0 Å². The first-order chi connectivity index (χ1) is 10.1. The third kappa shape index (κ3) is 2.63. The number of rotatable bonds is 3. The van der Waals surface area contributed by atoms with Gasteiger partial charge >= 0.3 is 0 Å². The van der Waals surface area contributed by atoms with E-state index < -0.39 is 11.2 Å². The Morgan fingerprint density at radius 1 is 0.909 bits per heavy atom. The lowest BCUT2D eigenvalue weighted by molar-refractivity contribution is -0.130. The number of aliphatic hydroxyl groups is 2. The van der Waals surface area contributed by atoms with Crippen LogP contribution in [0, 0.1) is 11.8 Å². The van der Waals surface area contributed by atoms with Gasteiger partial charge in [-0.2, -0.15) is 0 Å². The van der Waals surface area contributed by atoms with Crippen molar-refractivity contribution in [2.24, 2.45) is 11.8 Å². The summed E-state index contributed by atoms with van der Waals surface area (Å²) in [6.07, 6.45) is 7.00. The molecule has 0 unspecified atom stereocenters. The van der Waals surface area contributed by atoms with Gasteiger partial charge in [-0.1, -0.05) is 36.5 Å². The van der Waals surface area contributed by atoms with Crippen molar-refractivity contribution in [3.8, 4) is 0 Å². The summed E-state index contributed by atoms with van der Waals surface area (Å²) in [4.78, 5) is 0. The Hall–Kier alpha value is -1.12. The lowest BCUT2D eigenvalue weighted by atomic mass is 9.60. The first-order valence-electron chi connectivity index (χ1n) is 8.22. The fraction of sp³-hybridized carbons (Fsp3) is 0.600. The van der Waals surface area contributed by atoms with E-state index in [9.17, 15) is 10.2 Å². The molecule has 0 radical (unpaired) electrons. The molecule has 2 aliphatic carbocycles. The van der Waals surface area contributed by atoms with E-state index in [2.05, 4.69) is 25.3 Å². The highest BCUT2D eigenvalue weighted by Crippen LogP contribution is 2.50. The van der Waals surface area contributed by atoms with Crippen LogP contribution in [-0.2, 0) is 0 Å². The maximum absolute atomic E-state index is 11.5. The van der Waals surface area contributed by atoms with Crippen LogP contribution >= 0.6 is 0 Å². The first kappa shape index (κ1) is 17.2. The van der Waals surface area contributed by atoms with Gasteiger partial charge in [0, 0.05) is 0 Å². The Morgan fingerprint density at radius 3 is 1.50 bits per heavy atom. The summed E-state index contributed by atoms with van der Waals surface area (Å²) in [5, 5.41) is 23.0. The van der Waals surface area contributed by atoms with Crippen molar-refractivity contribution in [2.45, 2.75) is 64.6 Å². The van der Waals surface area contributed by atoms with Crippen LogP contribution in [0.25, 0.3) is 0 Å². The molecule has 0 saturated heterocycles. The lowest BCUT2D eigenvalue weighted by Gasteiger charge is -2.51. The molecule has 122 valence electrons. The zero-order chi connectivity index (χ0) is 16.7. The van der Waals surface area contributed by atoms with Crippen LogP contribution in [0.15, 0.2) is 47.6 Å². The zero-order valence-electron chi connectivity index (χ0n) is 14.4. The molecule has 2 rings (SSSR count). The lowest BCUT2D eigenvalue weighted by Crippen LogP contribution is -2.59. The summed E-state index contributed by atoms with van der Waals surface area (Å²) in [6.45, 7) is 16.0. The van der Waals surface area contributed by atoms with Crippen molar-refractivity contribution < 1.29 is 10.2 Å². The zero-order valence-corrected chi connectivity index (χ0v) is 14.4. The SMILES string of the molecule is C=C(C)[C@@H]1CC=C(C)[C@@](O)([C@]2(O)C[C@H](C(=C)C)CC=C2C)C1. The van der Waals surface area contributed by atoms with E-state index in [-0.39, 0.29) is 11.8 Å². The van der Waals surface area contributed by atoms with Crippen molar-refractivity contribution >= 4 is 0 Å². The van der Waals surface area contributed by atoms with Crippen molar-refractivity contribution in [1.29, 1.82) is 0 Å². The highest BCUT2D eigenvalue weighted by atomic mass is 16.4. The van der Waals surface area contributed by atoms with Crippen molar-refractivity contribution in [3.63, 3.8) is 0 Å². The Labute approximate surface area is 134 Å². The van der Waals surface area contributed by atoms with E-state index in [1.165, 1.54) is 0 Å². The summed E-state index contributed by atoms with van der Waals surface area (Å²) in [5.41, 5.74) is 1.46. The van der Waals surface area contributed by atoms with Gasteiger partial charge in [0.1, 0.15) is 11.2 Å². The number of hydrogen-bond acceptors (Lipinski definition) is 2. The van der Waals surface area contributed by atoms with Crippen LogP contribution in [0.1, 0.15) is 53.4 Å². The van der Waals surface area contributed by atoms with E-state index in [1.807, 2.05) is 27.7 Å². The molecule has 22 heavy (non-hydrogen) atoms. The van der Waals surface area contributed by atoms with E-state index in [4.69, 9.17) is 0 Å². The molecule has 0 saturated carbocycles. The van der Waals surface area contributed by atoms with Crippen LogP contribution < -0.4 is 0 Å². The van der Waals surface area contributed by atoms with Crippen LogP contribution in [0.3, 0.4) is 0 Å². The van der Waals surface area contributed by atoms with Gasteiger partial charge in [-0.3, -0.25) is 0 Å². The molecule has 2 heteroatoms. The van der Waals surface area contributed by atoms with Gasteiger partial charge in [0.05, 0.1) is 0 Å². The van der Waals surface area contributed by atoms with Gasteiger partial charge < -0.3 is 10.2 Å². The maximum Gasteiger partial charge on any atom is 0.118 e. The maximum atomic E-state index is 11.5. The van der Waals surface area contributed by atoms with Gasteiger partial charge in [-0.25, -0.2) is 0 Å². The molecule has 2 nitrogen and oxygen atoms in total. The van der Waals surface area contributed by atoms with Crippen molar-refractivity contribution in [3.05, 3.63) is 47.6 Å². The Morgan fingerprint density at radius 2 is 1.23 bits per heavy atom. The molecule has 2 aliphatic rings. The Balaban J connectivity index is 2.45. The van der Waals surface area contributed by atoms with Gasteiger partial charge in [0.15, 0.2) is 0 Å². The van der Waals surface area contributed by atoms with Crippen LogP contribution in [-0.4, -0.2) is 21.4 Å². The molecule has 0 bridgehead atoms. The minimum atomic E-state index is -1.22. The second-order valence-corrected chi connectivity index (χ2v) is 7.46. The van der Waals surface area contributed by atoms with Crippen molar-refractivity contribution in [1.82, 2.24) is 0 Å². The predicted molar refractivity (Wildman–Crippen MR) is 92.5 cm³/mol. The minimum Gasteiger partial charge on any atom is -0.382 e. The van der Waals surface area contributed by atoms with Gasteiger partial charge in [0.2, 0.25) is 0 Å². The molecule has 0 fully saturated rings. The Kier molecular flexibility index (Phi) is 4.56. The fourth-order valence-electron chi connectivity index (χ4n) is 3.92. The number of allylic oxidation sites excluding steroid dienone is 4. The smallest absolute Gasteiger partial charge is 0.118 e. The van der Waals surface area contributed by atoms with Gasteiger partial charge in [-0.15, -0.1) is 0 Å². The first-order valence-corrected chi connectivity index (χ1v) is 8.22. The number of hydrogen-bond donors (Lipinski definition) is 2. The second-order valence-electron chi connectivity index (χ2n) is 7.46. The quantitative estimate of drug-likeness (QED) is 0.763. The van der Waals surface area contributed by atoms with E-state index in [0.29, 0.717) is 12.8 Å². The van der Waals surface area contributed by atoms with Gasteiger partial charge in [-0.05, 0) is 76.4 Å². The predicted octanol–water partition coefficient (Wildman–Crippen LogP) is 4.31. The third-order valence-electron chi connectivity index (χ3n) is 5.88. The summed E-state index contributed by atoms with van der Waals surface area (Å²) in [5.74, 6) is 0.437. The van der Waals surface area contributed by atoms with Crippen LogP contribution in [0.2, 0.25) is 0 Å². The minimum absolute atomic E-state index is 0.218. The van der Waals surface area contributed by atoms with Gasteiger partial charge in [0.25, 0.3) is 0 Å². The molecule has 0 aromatic heterocycles. The molecule has 0 aromatic carbocycles. The standard InChI is InChI=1S/C20H30O2/c1-13(2)17-9-7-15(5)19(21,11-17)20(22)12-18(14(3)4)10-8-16(20)6/h7-8,17-18,21-22H,1,3,9-12H2,2,4-6H3/t17-,18-,19-,20+/m1/s1. The largest absolute Gasteiger partial charge is 0.382 e. The molecule has 0 spiro atoms.